The molecule has 0 bridgehead atoms. The van der Waals surface area contributed by atoms with Crippen LogP contribution in [0.4, 0.5) is 13.6 Å². The standard InChI is InChI=1S/C35H33F2IN6O5S/c1-22-6-4-5-7-28(22)31(16-48-24(3)45)42-34(46)49-21-44(20-43(38)19-40-44)18-35(47,29-14-27(36)12-13-30(29)37)23(2)33-41-32(17-50-33)26-10-8-25(15-39)9-11-26/h4-14,17,19,23,31,47H,16,18,20-21H2,1-3H3/p+1/t23-,31?,35+,44?/m0/s1. The van der Waals surface area contributed by atoms with Crippen molar-refractivity contribution >= 4 is 52.6 Å². The topological polar surface area (TPSA) is 137 Å². The molecule has 2 heterocycles. The second kappa shape index (κ2) is 15.6. The lowest BCUT2D eigenvalue weighted by Gasteiger charge is -2.39. The fraction of sp³-hybridized carbons (Fsp3) is 0.286. The Kier molecular flexibility index (Phi) is 11.5. The van der Waals surface area contributed by atoms with Crippen LogP contribution in [-0.2, 0) is 19.9 Å². The monoisotopic (exact) mass is 815 g/mol. The summed E-state index contributed by atoms with van der Waals surface area (Å²) in [5, 5.41) is 31.3. The molecule has 0 radical (unpaired) electrons. The molecule has 1 aromatic heterocycles. The summed E-state index contributed by atoms with van der Waals surface area (Å²) in [6, 6.07) is 18.4. The predicted molar refractivity (Wildman–Crippen MR) is 190 cm³/mol. The second-order valence-corrected chi connectivity index (χ2v) is 14.1. The van der Waals surface area contributed by atoms with E-state index in [1.807, 2.05) is 41.9 Å². The third-order valence-electron chi connectivity index (χ3n) is 8.41. The predicted octanol–water partition coefficient (Wildman–Crippen LogP) is 6.63. The normalized spacial score (nSPS) is 17.8. The minimum Gasteiger partial charge on any atom is -0.463 e. The van der Waals surface area contributed by atoms with Gasteiger partial charge in [0.2, 0.25) is 0 Å². The Morgan fingerprint density at radius 1 is 1.18 bits per heavy atom. The van der Waals surface area contributed by atoms with Crippen LogP contribution < -0.4 is 5.32 Å². The number of quaternary nitrogens is 1. The zero-order valence-electron chi connectivity index (χ0n) is 27.3. The number of hydrogen-bond donors (Lipinski definition) is 2. The number of alkyl carbamates (subject to hydrolysis) is 1. The summed E-state index contributed by atoms with van der Waals surface area (Å²) in [6.07, 6.45) is 0.656. The summed E-state index contributed by atoms with van der Waals surface area (Å²) in [6.45, 7) is 4.05. The maximum absolute atomic E-state index is 15.6. The van der Waals surface area contributed by atoms with Gasteiger partial charge in [-0.3, -0.25) is 4.79 Å². The van der Waals surface area contributed by atoms with Crippen molar-refractivity contribution in [1.29, 1.82) is 5.26 Å². The number of aliphatic hydroxyl groups is 1. The summed E-state index contributed by atoms with van der Waals surface area (Å²) >= 11 is 3.24. The number of rotatable bonds is 12. The molecule has 0 saturated carbocycles. The third-order valence-corrected chi connectivity index (χ3v) is 10.00. The highest BCUT2D eigenvalue weighted by atomic mass is 127. The Hall–Kier alpha value is -4.50. The van der Waals surface area contributed by atoms with E-state index >= 15 is 4.39 Å². The fourth-order valence-electron chi connectivity index (χ4n) is 5.72. The largest absolute Gasteiger partial charge is 0.463 e. The van der Waals surface area contributed by atoms with Crippen molar-refractivity contribution in [1.82, 2.24) is 13.4 Å². The summed E-state index contributed by atoms with van der Waals surface area (Å²) in [5.41, 5.74) is 0.990. The van der Waals surface area contributed by atoms with E-state index in [1.54, 1.807) is 51.8 Å². The Balaban J connectivity index is 1.44. The second-order valence-electron chi connectivity index (χ2n) is 12.0. The first-order valence-corrected chi connectivity index (χ1v) is 17.3. The van der Waals surface area contributed by atoms with Crippen molar-refractivity contribution < 1.29 is 37.5 Å². The van der Waals surface area contributed by atoms with Crippen molar-refractivity contribution in [3.8, 4) is 17.3 Å². The van der Waals surface area contributed by atoms with Crippen LogP contribution in [0.3, 0.4) is 0 Å². The average molecular weight is 816 g/mol. The number of aromatic nitrogens is 1. The highest BCUT2D eigenvalue weighted by Crippen LogP contribution is 2.43. The van der Waals surface area contributed by atoms with Crippen molar-refractivity contribution in [3.63, 3.8) is 0 Å². The molecule has 3 aromatic carbocycles. The van der Waals surface area contributed by atoms with Gasteiger partial charge in [-0.15, -0.1) is 15.9 Å². The Morgan fingerprint density at radius 3 is 2.58 bits per heavy atom. The van der Waals surface area contributed by atoms with Crippen LogP contribution in [0.5, 0.6) is 0 Å². The van der Waals surface area contributed by atoms with E-state index in [9.17, 15) is 19.1 Å². The molecule has 1 amide bonds. The zero-order valence-corrected chi connectivity index (χ0v) is 30.3. The average Bonchev–Trinajstić information content (AvgIpc) is 3.74. The first-order valence-electron chi connectivity index (χ1n) is 15.4. The van der Waals surface area contributed by atoms with E-state index < -0.39 is 52.6 Å². The van der Waals surface area contributed by atoms with E-state index in [-0.39, 0.29) is 25.4 Å². The smallest absolute Gasteiger partial charge is 0.412 e. The number of aryl methyl sites for hydroxylation is 1. The molecule has 4 aromatic rings. The molecule has 1 aliphatic heterocycles. The SMILES string of the molecule is CC(=O)OCC(NC(=O)OC[N+]1(C[C@](O)(c2cc(F)ccc2F)[C@@H](C)c2nc(-c3ccc(C#N)cc3)cs2)CN(I)C=N1)c1ccccc1C. The fourth-order valence-corrected chi connectivity index (χ4v) is 7.37. The van der Waals surface area contributed by atoms with Crippen LogP contribution in [0.25, 0.3) is 11.3 Å². The number of halogens is 3. The van der Waals surface area contributed by atoms with Gasteiger partial charge in [0.15, 0.2) is 18.6 Å². The number of ether oxygens (including phenoxy) is 2. The minimum atomic E-state index is -2.11. The lowest BCUT2D eigenvalue weighted by atomic mass is 9.81. The van der Waals surface area contributed by atoms with Crippen LogP contribution in [0.1, 0.15) is 53.1 Å². The molecule has 4 atom stereocenters. The van der Waals surface area contributed by atoms with Crippen LogP contribution in [0.2, 0.25) is 0 Å². The van der Waals surface area contributed by atoms with Gasteiger partial charge in [-0.25, -0.2) is 21.7 Å². The molecular weight excluding hydrogens is 781 g/mol. The maximum Gasteiger partial charge on any atom is 0.412 e. The summed E-state index contributed by atoms with van der Waals surface area (Å²) in [5.74, 6) is -2.99. The minimum absolute atomic E-state index is 0.114. The lowest BCUT2D eigenvalue weighted by molar-refractivity contribution is -0.955. The zero-order chi connectivity index (χ0) is 36.1. The number of carbonyl (C=O) groups is 2. The number of hydrogen-bond acceptors (Lipinski definition) is 10. The molecule has 0 fully saturated rings. The maximum atomic E-state index is 15.6. The van der Waals surface area contributed by atoms with Gasteiger partial charge >= 0.3 is 12.1 Å². The first-order chi connectivity index (χ1) is 23.8. The number of nitrogens with one attached hydrogen (secondary N) is 1. The lowest BCUT2D eigenvalue weighted by Crippen LogP contribution is -2.56. The molecular formula is C35H34F2IN6O5S+. The third kappa shape index (κ3) is 8.44. The number of amides is 1. The van der Waals surface area contributed by atoms with Crippen LogP contribution >= 0.6 is 34.2 Å². The van der Waals surface area contributed by atoms with Crippen LogP contribution in [-0.4, -0.2) is 62.7 Å². The molecule has 5 rings (SSSR count). The van der Waals surface area contributed by atoms with Gasteiger partial charge in [-0.2, -0.15) is 5.26 Å². The van der Waals surface area contributed by atoms with Crippen LogP contribution in [0, 0.1) is 29.9 Å². The molecule has 11 nitrogen and oxygen atoms in total. The quantitative estimate of drug-likeness (QED) is 0.0704. The molecule has 0 saturated heterocycles. The molecule has 2 unspecified atom stereocenters. The Bertz CT molecular complexity index is 1940. The number of nitrogens with zero attached hydrogens (tertiary/aromatic N) is 5. The van der Waals surface area contributed by atoms with E-state index in [4.69, 9.17) is 19.7 Å². The molecule has 260 valence electrons. The highest BCUT2D eigenvalue weighted by Gasteiger charge is 2.51. The van der Waals surface area contributed by atoms with Crippen molar-refractivity contribution in [2.75, 3.05) is 26.6 Å². The van der Waals surface area contributed by atoms with E-state index in [2.05, 4.69) is 16.5 Å². The molecule has 0 aliphatic carbocycles. The number of benzene rings is 3. The number of esters is 1. The van der Waals surface area contributed by atoms with Gasteiger partial charge in [0, 0.05) is 29.3 Å². The summed E-state index contributed by atoms with van der Waals surface area (Å²) in [7, 11) is 0. The van der Waals surface area contributed by atoms with Crippen LogP contribution in [0.15, 0.2) is 77.2 Å². The number of nitriles is 1. The van der Waals surface area contributed by atoms with E-state index in [1.165, 1.54) is 24.6 Å². The van der Waals surface area contributed by atoms with E-state index in [0.29, 0.717) is 16.3 Å². The van der Waals surface area contributed by atoms with Crippen molar-refractivity contribution in [3.05, 3.63) is 111 Å². The first kappa shape index (κ1) is 36.8. The molecule has 50 heavy (non-hydrogen) atoms. The van der Waals surface area contributed by atoms with Crippen molar-refractivity contribution in [2.24, 2.45) is 5.10 Å². The number of thiazole rings is 1. The van der Waals surface area contributed by atoms with Gasteiger partial charge in [0.25, 0.3) is 6.73 Å². The van der Waals surface area contributed by atoms with Gasteiger partial charge in [0.05, 0.1) is 51.2 Å². The van der Waals surface area contributed by atoms with E-state index in [0.717, 1.165) is 34.9 Å². The molecule has 1 aliphatic rings. The number of carbonyl (C=O) groups excluding carboxylic acids is 2. The molecule has 0 spiro atoms. The van der Waals surface area contributed by atoms with Gasteiger partial charge in [0.1, 0.15) is 24.8 Å². The van der Waals surface area contributed by atoms with Gasteiger partial charge in [-0.05, 0) is 48.4 Å². The summed E-state index contributed by atoms with van der Waals surface area (Å²) < 4.78 is 42.5. The molecule has 2 N–H and O–H groups in total. The highest BCUT2D eigenvalue weighted by molar-refractivity contribution is 14.1. The van der Waals surface area contributed by atoms with Crippen molar-refractivity contribution in [2.45, 2.75) is 38.3 Å². The molecule has 15 heteroatoms. The van der Waals surface area contributed by atoms with Gasteiger partial charge < -0.3 is 19.9 Å². The summed E-state index contributed by atoms with van der Waals surface area (Å²) in [4.78, 5) is 29.6. The van der Waals surface area contributed by atoms with Gasteiger partial charge in [-0.1, -0.05) is 48.4 Å². The Labute approximate surface area is 305 Å². The Morgan fingerprint density at radius 2 is 1.92 bits per heavy atom.